The number of hydrogen-bond acceptors (Lipinski definition) is 3. The number of likely N-dealkylation sites (tertiary alicyclic amines) is 1. The van der Waals surface area contributed by atoms with Gasteiger partial charge < -0.3 is 10.9 Å². The fourth-order valence-electron chi connectivity index (χ4n) is 2.41. The Kier molecular flexibility index (Phi) is 4.61. The van der Waals surface area contributed by atoms with Gasteiger partial charge in [-0.3, -0.25) is 4.90 Å². The van der Waals surface area contributed by atoms with Gasteiger partial charge in [-0.15, -0.1) is 0 Å². The van der Waals surface area contributed by atoms with Crippen molar-refractivity contribution in [3.05, 3.63) is 34.6 Å². The van der Waals surface area contributed by atoms with Gasteiger partial charge in [0.1, 0.15) is 11.7 Å². The Morgan fingerprint density at radius 3 is 3.05 bits per heavy atom. The van der Waals surface area contributed by atoms with Crippen molar-refractivity contribution in [2.45, 2.75) is 19.4 Å². The number of piperidine rings is 1. The molecule has 1 heterocycles. The van der Waals surface area contributed by atoms with E-state index < -0.39 is 0 Å². The molecule has 0 amide bonds. The van der Waals surface area contributed by atoms with Gasteiger partial charge in [-0.25, -0.2) is 4.39 Å². The lowest BCUT2D eigenvalue weighted by molar-refractivity contribution is 0.191. The van der Waals surface area contributed by atoms with Crippen LogP contribution in [0.15, 0.2) is 23.4 Å². The molecule has 6 heteroatoms. The molecule has 0 saturated carbocycles. The van der Waals surface area contributed by atoms with Crippen LogP contribution in [0.25, 0.3) is 0 Å². The number of hydrogen-bond donors (Lipinski definition) is 2. The van der Waals surface area contributed by atoms with Crippen LogP contribution in [0.5, 0.6) is 0 Å². The lowest BCUT2D eigenvalue weighted by Crippen LogP contribution is -2.40. The third kappa shape index (κ3) is 3.58. The van der Waals surface area contributed by atoms with Crippen LogP contribution in [0.4, 0.5) is 4.39 Å². The maximum absolute atomic E-state index is 13.7. The molecule has 104 valence electrons. The van der Waals surface area contributed by atoms with E-state index in [1.807, 2.05) is 0 Å². The van der Waals surface area contributed by atoms with E-state index in [2.05, 4.69) is 10.1 Å². The molecule has 0 spiro atoms. The Balaban J connectivity index is 2.02. The number of rotatable bonds is 3. The summed E-state index contributed by atoms with van der Waals surface area (Å²) >= 11 is 5.73. The fraction of sp³-hybridized carbons (Fsp3) is 0.462. The number of benzene rings is 1. The number of halogens is 2. The summed E-state index contributed by atoms with van der Waals surface area (Å²) in [6, 6.07) is 4.71. The molecule has 1 aliphatic rings. The van der Waals surface area contributed by atoms with Gasteiger partial charge in [-0.1, -0.05) is 22.8 Å². The Morgan fingerprint density at radius 2 is 2.37 bits per heavy atom. The molecular weight excluding hydrogens is 269 g/mol. The van der Waals surface area contributed by atoms with Crippen LogP contribution in [-0.4, -0.2) is 29.0 Å². The summed E-state index contributed by atoms with van der Waals surface area (Å²) in [5.74, 6) is -0.00573. The van der Waals surface area contributed by atoms with Gasteiger partial charge in [0.25, 0.3) is 0 Å². The molecule has 1 aliphatic heterocycles. The van der Waals surface area contributed by atoms with Gasteiger partial charge in [0, 0.05) is 29.6 Å². The van der Waals surface area contributed by atoms with Gasteiger partial charge in [-0.05, 0) is 31.5 Å². The van der Waals surface area contributed by atoms with Crippen molar-refractivity contribution < 1.29 is 9.60 Å². The molecule has 0 aliphatic carbocycles. The quantitative estimate of drug-likeness (QED) is 0.388. The maximum Gasteiger partial charge on any atom is 0.143 e. The molecular formula is C13H17ClFN3O. The number of oxime groups is 1. The second-order valence-corrected chi connectivity index (χ2v) is 5.27. The van der Waals surface area contributed by atoms with Crippen LogP contribution in [0.2, 0.25) is 5.02 Å². The van der Waals surface area contributed by atoms with E-state index >= 15 is 0 Å². The second kappa shape index (κ2) is 6.21. The molecule has 1 aromatic rings. The first kappa shape index (κ1) is 14.1. The Labute approximate surface area is 116 Å². The van der Waals surface area contributed by atoms with E-state index in [1.54, 1.807) is 12.1 Å². The summed E-state index contributed by atoms with van der Waals surface area (Å²) in [5.41, 5.74) is 6.25. The summed E-state index contributed by atoms with van der Waals surface area (Å²) < 4.78 is 13.7. The molecule has 1 unspecified atom stereocenters. The third-order valence-electron chi connectivity index (χ3n) is 3.45. The van der Waals surface area contributed by atoms with Crippen LogP contribution in [0.1, 0.15) is 18.4 Å². The first-order valence-electron chi connectivity index (χ1n) is 6.24. The van der Waals surface area contributed by atoms with Gasteiger partial charge >= 0.3 is 0 Å². The van der Waals surface area contributed by atoms with Crippen molar-refractivity contribution in [3.8, 4) is 0 Å². The van der Waals surface area contributed by atoms with Gasteiger partial charge in [0.15, 0.2) is 0 Å². The zero-order chi connectivity index (χ0) is 13.8. The third-order valence-corrected chi connectivity index (χ3v) is 3.68. The highest BCUT2D eigenvalue weighted by molar-refractivity contribution is 6.30. The Hall–Kier alpha value is -1.33. The van der Waals surface area contributed by atoms with Crippen LogP contribution >= 0.6 is 11.6 Å². The predicted octanol–water partition coefficient (Wildman–Crippen LogP) is 2.44. The van der Waals surface area contributed by atoms with Crippen molar-refractivity contribution in [3.63, 3.8) is 0 Å². The largest absolute Gasteiger partial charge is 0.409 e. The van der Waals surface area contributed by atoms with Gasteiger partial charge in [0.05, 0.1) is 0 Å². The molecule has 19 heavy (non-hydrogen) atoms. The molecule has 1 saturated heterocycles. The normalized spacial score (nSPS) is 21.6. The zero-order valence-corrected chi connectivity index (χ0v) is 11.3. The van der Waals surface area contributed by atoms with E-state index in [1.165, 1.54) is 6.07 Å². The van der Waals surface area contributed by atoms with Gasteiger partial charge in [0.2, 0.25) is 0 Å². The van der Waals surface area contributed by atoms with Crippen LogP contribution < -0.4 is 5.73 Å². The van der Waals surface area contributed by atoms with E-state index in [0.717, 1.165) is 19.4 Å². The predicted molar refractivity (Wildman–Crippen MR) is 72.8 cm³/mol. The first-order chi connectivity index (χ1) is 9.10. The van der Waals surface area contributed by atoms with Crippen LogP contribution in [-0.2, 0) is 6.54 Å². The Morgan fingerprint density at radius 1 is 1.58 bits per heavy atom. The summed E-state index contributed by atoms with van der Waals surface area (Å²) in [7, 11) is 0. The lowest BCUT2D eigenvalue weighted by Gasteiger charge is -2.32. The standard InChI is InChI=1S/C13H17ClFN3O/c14-11-4-3-9(12(15)6-11)7-18-5-1-2-10(8-18)13(16)17-19/h3-4,6,10,19H,1-2,5,7-8H2,(H2,16,17). The molecule has 2 rings (SSSR count). The monoisotopic (exact) mass is 285 g/mol. The minimum atomic E-state index is -0.293. The van der Waals surface area contributed by atoms with Crippen molar-refractivity contribution >= 4 is 17.4 Å². The summed E-state index contributed by atoms with van der Waals surface area (Å²) in [6.07, 6.45) is 1.85. The average molecular weight is 286 g/mol. The summed E-state index contributed by atoms with van der Waals surface area (Å²) in [5, 5.41) is 12.2. The number of nitrogens with two attached hydrogens (primary N) is 1. The molecule has 3 N–H and O–H groups in total. The minimum Gasteiger partial charge on any atom is -0.409 e. The number of amidine groups is 1. The van der Waals surface area contributed by atoms with Crippen molar-refractivity contribution in [2.75, 3.05) is 13.1 Å². The van der Waals surface area contributed by atoms with E-state index in [9.17, 15) is 4.39 Å². The minimum absolute atomic E-state index is 0.0362. The van der Waals surface area contributed by atoms with E-state index in [0.29, 0.717) is 23.7 Å². The highest BCUT2D eigenvalue weighted by atomic mass is 35.5. The fourth-order valence-corrected chi connectivity index (χ4v) is 2.57. The van der Waals surface area contributed by atoms with Gasteiger partial charge in [-0.2, -0.15) is 0 Å². The highest BCUT2D eigenvalue weighted by Crippen LogP contribution is 2.21. The van der Waals surface area contributed by atoms with E-state index in [-0.39, 0.29) is 17.6 Å². The molecule has 1 atom stereocenters. The lowest BCUT2D eigenvalue weighted by atomic mass is 9.96. The molecule has 1 aromatic carbocycles. The zero-order valence-electron chi connectivity index (χ0n) is 10.5. The van der Waals surface area contributed by atoms with Crippen molar-refractivity contribution in [1.82, 2.24) is 4.90 Å². The molecule has 0 bridgehead atoms. The van der Waals surface area contributed by atoms with Crippen LogP contribution in [0, 0.1) is 11.7 Å². The first-order valence-corrected chi connectivity index (χ1v) is 6.61. The maximum atomic E-state index is 13.7. The van der Waals surface area contributed by atoms with E-state index in [4.69, 9.17) is 22.5 Å². The highest BCUT2D eigenvalue weighted by Gasteiger charge is 2.23. The molecule has 4 nitrogen and oxygen atoms in total. The number of nitrogens with zero attached hydrogens (tertiary/aromatic N) is 2. The summed E-state index contributed by atoms with van der Waals surface area (Å²) in [6.45, 7) is 2.08. The SMILES string of the molecule is N/C(=N/O)C1CCCN(Cc2ccc(Cl)cc2F)C1. The second-order valence-electron chi connectivity index (χ2n) is 4.83. The van der Waals surface area contributed by atoms with Crippen molar-refractivity contribution in [2.24, 2.45) is 16.8 Å². The Bertz CT molecular complexity index is 481. The molecule has 1 fully saturated rings. The van der Waals surface area contributed by atoms with Crippen molar-refractivity contribution in [1.29, 1.82) is 0 Å². The topological polar surface area (TPSA) is 61.9 Å². The molecule has 0 aromatic heterocycles. The smallest absolute Gasteiger partial charge is 0.143 e. The molecule has 0 radical (unpaired) electrons. The average Bonchev–Trinajstić information content (AvgIpc) is 2.41. The summed E-state index contributed by atoms with van der Waals surface area (Å²) in [4.78, 5) is 2.11. The van der Waals surface area contributed by atoms with Crippen LogP contribution in [0.3, 0.4) is 0 Å².